The summed E-state index contributed by atoms with van der Waals surface area (Å²) in [6, 6.07) is 5.37. The molecule has 0 amide bonds. The molecule has 0 radical (unpaired) electrons. The molecule has 4 nitrogen and oxygen atoms in total. The second kappa shape index (κ2) is 5.22. The highest BCUT2D eigenvalue weighted by Gasteiger charge is 2.18. The van der Waals surface area contributed by atoms with Gasteiger partial charge in [0.25, 0.3) is 0 Å². The second-order valence-electron chi connectivity index (χ2n) is 3.80. The first-order chi connectivity index (χ1) is 8.11. The van der Waals surface area contributed by atoms with E-state index in [1.165, 1.54) is 11.3 Å². The minimum Gasteiger partial charge on any atom is -0.390 e. The SMILES string of the molecule is Nc1nc2ccc(C(O)C(O)CCS)cc2s1. The molecule has 6 heteroatoms. The van der Waals surface area contributed by atoms with E-state index >= 15 is 0 Å². The molecule has 0 bridgehead atoms. The summed E-state index contributed by atoms with van der Waals surface area (Å²) >= 11 is 5.40. The Bertz CT molecular complexity index is 515. The molecule has 2 rings (SSSR count). The number of thiazole rings is 1. The highest BCUT2D eigenvalue weighted by Crippen LogP contribution is 2.28. The summed E-state index contributed by atoms with van der Waals surface area (Å²) in [6.45, 7) is 0. The van der Waals surface area contributed by atoms with Crippen LogP contribution in [0.25, 0.3) is 10.2 Å². The molecule has 0 aliphatic rings. The van der Waals surface area contributed by atoms with Crippen LogP contribution in [0.1, 0.15) is 18.1 Å². The predicted octanol–water partition coefficient (Wildman–Crippen LogP) is 1.59. The van der Waals surface area contributed by atoms with Gasteiger partial charge in [-0.1, -0.05) is 17.4 Å². The number of aromatic nitrogens is 1. The van der Waals surface area contributed by atoms with Crippen molar-refractivity contribution in [1.82, 2.24) is 4.98 Å². The van der Waals surface area contributed by atoms with Crippen LogP contribution >= 0.6 is 24.0 Å². The Balaban J connectivity index is 2.28. The van der Waals surface area contributed by atoms with Crippen molar-refractivity contribution < 1.29 is 10.2 Å². The molecular formula is C11H14N2O2S2. The molecule has 2 aromatic rings. The smallest absolute Gasteiger partial charge is 0.181 e. The van der Waals surface area contributed by atoms with Crippen LogP contribution < -0.4 is 5.73 Å². The molecule has 0 saturated carbocycles. The molecule has 1 aromatic carbocycles. The van der Waals surface area contributed by atoms with E-state index < -0.39 is 12.2 Å². The van der Waals surface area contributed by atoms with Gasteiger partial charge in [-0.25, -0.2) is 4.98 Å². The van der Waals surface area contributed by atoms with Crippen LogP contribution in [0.4, 0.5) is 5.13 Å². The standard InChI is InChI=1S/C11H14N2O2S2/c12-11-13-7-2-1-6(5-9(7)17-11)10(15)8(14)3-4-16/h1-2,5,8,10,14-16H,3-4H2,(H2,12,13). The summed E-state index contributed by atoms with van der Waals surface area (Å²) in [7, 11) is 0. The Kier molecular flexibility index (Phi) is 3.88. The van der Waals surface area contributed by atoms with E-state index in [1.54, 1.807) is 12.1 Å². The summed E-state index contributed by atoms with van der Waals surface area (Å²) in [6.07, 6.45) is -1.24. The summed E-state index contributed by atoms with van der Waals surface area (Å²) in [5, 5.41) is 20.2. The fourth-order valence-electron chi connectivity index (χ4n) is 1.66. The molecule has 1 heterocycles. The first kappa shape index (κ1) is 12.6. The van der Waals surface area contributed by atoms with Crippen LogP contribution in [-0.2, 0) is 0 Å². The molecule has 2 atom stereocenters. The lowest BCUT2D eigenvalue weighted by molar-refractivity contribution is 0.0173. The minimum atomic E-state index is -0.894. The molecule has 1 aromatic heterocycles. The molecule has 0 aliphatic heterocycles. The van der Waals surface area contributed by atoms with E-state index in [0.717, 1.165) is 10.2 Å². The van der Waals surface area contributed by atoms with Crippen molar-refractivity contribution >= 4 is 39.3 Å². The third-order valence-electron chi connectivity index (χ3n) is 2.56. The molecule has 0 aliphatic carbocycles. The molecule has 0 fully saturated rings. The zero-order chi connectivity index (χ0) is 12.4. The predicted molar refractivity (Wildman–Crippen MR) is 73.5 cm³/mol. The quantitative estimate of drug-likeness (QED) is 0.636. The van der Waals surface area contributed by atoms with Gasteiger partial charge in [-0.05, 0) is 29.9 Å². The van der Waals surface area contributed by atoms with Crippen molar-refractivity contribution in [2.45, 2.75) is 18.6 Å². The number of anilines is 1. The molecule has 4 N–H and O–H groups in total. The second-order valence-corrected chi connectivity index (χ2v) is 5.31. The lowest BCUT2D eigenvalue weighted by Gasteiger charge is -2.17. The van der Waals surface area contributed by atoms with Gasteiger partial charge in [0, 0.05) is 0 Å². The number of rotatable bonds is 4. The summed E-state index contributed by atoms with van der Waals surface area (Å²) in [4.78, 5) is 4.13. The van der Waals surface area contributed by atoms with Gasteiger partial charge in [0.15, 0.2) is 5.13 Å². The van der Waals surface area contributed by atoms with E-state index in [9.17, 15) is 10.2 Å². The number of nitrogen functional groups attached to an aromatic ring is 1. The monoisotopic (exact) mass is 270 g/mol. The zero-order valence-corrected chi connectivity index (χ0v) is 10.8. The molecule has 0 saturated heterocycles. The molecular weight excluding hydrogens is 256 g/mol. The van der Waals surface area contributed by atoms with Crippen LogP contribution in [-0.4, -0.2) is 27.1 Å². The average molecular weight is 270 g/mol. The van der Waals surface area contributed by atoms with Gasteiger partial charge in [-0.2, -0.15) is 12.6 Å². The highest BCUT2D eigenvalue weighted by molar-refractivity contribution is 7.80. The Morgan fingerprint density at radius 1 is 1.41 bits per heavy atom. The van der Waals surface area contributed by atoms with Gasteiger partial charge < -0.3 is 15.9 Å². The van der Waals surface area contributed by atoms with Crippen molar-refractivity contribution in [2.75, 3.05) is 11.5 Å². The zero-order valence-electron chi connectivity index (χ0n) is 9.08. The topological polar surface area (TPSA) is 79.4 Å². The van der Waals surface area contributed by atoms with Crippen molar-refractivity contribution in [3.63, 3.8) is 0 Å². The normalized spacial score (nSPS) is 15.0. The van der Waals surface area contributed by atoms with E-state index in [1.807, 2.05) is 6.07 Å². The van der Waals surface area contributed by atoms with Crippen LogP contribution in [0.2, 0.25) is 0 Å². The van der Waals surface area contributed by atoms with Crippen molar-refractivity contribution in [3.05, 3.63) is 23.8 Å². The number of hydrogen-bond acceptors (Lipinski definition) is 6. The number of aliphatic hydroxyl groups is 2. The number of hydrogen-bond donors (Lipinski definition) is 4. The number of fused-ring (bicyclic) bond motifs is 1. The van der Waals surface area contributed by atoms with E-state index in [4.69, 9.17) is 5.73 Å². The largest absolute Gasteiger partial charge is 0.390 e. The maximum absolute atomic E-state index is 9.96. The van der Waals surface area contributed by atoms with Crippen LogP contribution in [0.15, 0.2) is 18.2 Å². The highest BCUT2D eigenvalue weighted by atomic mass is 32.1. The minimum absolute atomic E-state index is 0.452. The number of benzene rings is 1. The van der Waals surface area contributed by atoms with Gasteiger partial charge in [0.05, 0.1) is 16.3 Å². The first-order valence-electron chi connectivity index (χ1n) is 5.25. The fraction of sp³-hybridized carbons (Fsp3) is 0.364. The lowest BCUT2D eigenvalue weighted by atomic mass is 10.0. The van der Waals surface area contributed by atoms with Gasteiger partial charge in [0.1, 0.15) is 6.10 Å². The molecule has 0 spiro atoms. The Morgan fingerprint density at radius 2 is 2.18 bits per heavy atom. The van der Waals surface area contributed by atoms with Crippen LogP contribution in [0, 0.1) is 0 Å². The van der Waals surface area contributed by atoms with E-state index in [0.29, 0.717) is 22.9 Å². The first-order valence-corrected chi connectivity index (χ1v) is 6.69. The fourth-order valence-corrected chi connectivity index (χ4v) is 2.70. The van der Waals surface area contributed by atoms with Crippen LogP contribution in [0.3, 0.4) is 0 Å². The average Bonchev–Trinajstić information content (AvgIpc) is 2.67. The van der Waals surface area contributed by atoms with Crippen molar-refractivity contribution in [3.8, 4) is 0 Å². The van der Waals surface area contributed by atoms with Gasteiger partial charge in [-0.3, -0.25) is 0 Å². The van der Waals surface area contributed by atoms with E-state index in [2.05, 4.69) is 17.6 Å². The summed E-state index contributed by atoms with van der Waals surface area (Å²) in [5.41, 5.74) is 7.10. The Morgan fingerprint density at radius 3 is 2.88 bits per heavy atom. The van der Waals surface area contributed by atoms with Crippen molar-refractivity contribution in [2.24, 2.45) is 0 Å². The molecule has 2 unspecified atom stereocenters. The van der Waals surface area contributed by atoms with E-state index in [-0.39, 0.29) is 0 Å². The number of aliphatic hydroxyl groups excluding tert-OH is 2. The number of thiol groups is 1. The summed E-state index contributed by atoms with van der Waals surface area (Å²) < 4.78 is 0.914. The molecule has 92 valence electrons. The maximum Gasteiger partial charge on any atom is 0.181 e. The summed E-state index contributed by atoms with van der Waals surface area (Å²) in [5.74, 6) is 0.536. The number of nitrogens with zero attached hydrogens (tertiary/aromatic N) is 1. The van der Waals surface area contributed by atoms with Gasteiger partial charge >= 0.3 is 0 Å². The maximum atomic E-state index is 9.96. The van der Waals surface area contributed by atoms with Crippen molar-refractivity contribution in [1.29, 1.82) is 0 Å². The van der Waals surface area contributed by atoms with Gasteiger partial charge in [0.2, 0.25) is 0 Å². The Hall–Kier alpha value is -0.820. The molecule has 17 heavy (non-hydrogen) atoms. The van der Waals surface area contributed by atoms with Crippen LogP contribution in [0.5, 0.6) is 0 Å². The third-order valence-corrected chi connectivity index (χ3v) is 3.67. The third kappa shape index (κ3) is 2.71. The lowest BCUT2D eigenvalue weighted by Crippen LogP contribution is -2.18. The Labute approximate surface area is 109 Å². The number of nitrogens with two attached hydrogens (primary N) is 1. The van der Waals surface area contributed by atoms with Gasteiger partial charge in [-0.15, -0.1) is 0 Å².